The normalized spacial score (nSPS) is 10.4. The van der Waals surface area contributed by atoms with Crippen LogP contribution in [-0.4, -0.2) is 23.0 Å². The molecule has 0 aliphatic rings. The molecule has 2 heterocycles. The van der Waals surface area contributed by atoms with Gasteiger partial charge < -0.3 is 9.72 Å². The molecule has 0 aliphatic heterocycles. The zero-order chi connectivity index (χ0) is 10.1. The molecule has 0 aliphatic carbocycles. The molecule has 0 saturated heterocycles. The Bertz CT molecular complexity index is 543. The third-order valence-electron chi connectivity index (χ3n) is 1.75. The summed E-state index contributed by atoms with van der Waals surface area (Å²) < 4.78 is 4.46. The second kappa shape index (κ2) is 3.22. The summed E-state index contributed by atoms with van der Waals surface area (Å²) in [5.41, 5.74) is 1.72. The Labute approximate surface area is 82.4 Å². The number of aromatic nitrogens is 2. The Morgan fingerprint density at radius 1 is 1.64 bits per heavy atom. The predicted molar refractivity (Wildman–Crippen MR) is 51.6 cm³/mol. The van der Waals surface area contributed by atoms with Crippen LogP contribution in [0.3, 0.4) is 0 Å². The molecule has 5 nitrogen and oxygen atoms in total. The number of hydrogen-bond acceptors (Lipinski definition) is 5. The van der Waals surface area contributed by atoms with Gasteiger partial charge in [0.2, 0.25) is 0 Å². The zero-order valence-corrected chi connectivity index (χ0v) is 8.05. The molecule has 14 heavy (non-hydrogen) atoms. The van der Waals surface area contributed by atoms with Gasteiger partial charge in [0.1, 0.15) is 10.4 Å². The lowest BCUT2D eigenvalue weighted by Crippen LogP contribution is -2.18. The maximum Gasteiger partial charge on any atom is 0.343 e. The second-order valence-corrected chi connectivity index (χ2v) is 3.43. The minimum atomic E-state index is -0.652. The van der Waals surface area contributed by atoms with Gasteiger partial charge >= 0.3 is 5.97 Å². The number of ether oxygens (including phenoxy) is 1. The van der Waals surface area contributed by atoms with Crippen molar-refractivity contribution in [1.29, 1.82) is 0 Å². The highest BCUT2D eigenvalue weighted by atomic mass is 32.1. The van der Waals surface area contributed by atoms with Crippen LogP contribution >= 0.6 is 11.3 Å². The topological polar surface area (TPSA) is 72.0 Å². The molecule has 0 fully saturated rings. The van der Waals surface area contributed by atoms with E-state index in [1.54, 1.807) is 5.51 Å². The fourth-order valence-electron chi connectivity index (χ4n) is 1.09. The average molecular weight is 210 g/mol. The van der Waals surface area contributed by atoms with E-state index < -0.39 is 11.5 Å². The van der Waals surface area contributed by atoms with Crippen LogP contribution in [0, 0.1) is 0 Å². The van der Waals surface area contributed by atoms with E-state index in [0.717, 1.165) is 0 Å². The number of thiazole rings is 1. The van der Waals surface area contributed by atoms with Crippen LogP contribution in [0.25, 0.3) is 10.3 Å². The van der Waals surface area contributed by atoms with Gasteiger partial charge in [0.25, 0.3) is 5.56 Å². The third-order valence-corrected chi connectivity index (χ3v) is 2.51. The third kappa shape index (κ3) is 1.29. The van der Waals surface area contributed by atoms with Gasteiger partial charge in [0.05, 0.1) is 18.1 Å². The molecule has 0 atom stereocenters. The first kappa shape index (κ1) is 8.89. The number of aromatic amines is 1. The van der Waals surface area contributed by atoms with Gasteiger partial charge in [-0.25, -0.2) is 9.78 Å². The summed E-state index contributed by atoms with van der Waals surface area (Å²) >= 11 is 1.31. The highest BCUT2D eigenvalue weighted by Gasteiger charge is 2.12. The molecule has 2 aromatic heterocycles. The minimum Gasteiger partial charge on any atom is -0.465 e. The van der Waals surface area contributed by atoms with Crippen LogP contribution < -0.4 is 5.56 Å². The fourth-order valence-corrected chi connectivity index (χ4v) is 1.74. The Morgan fingerprint density at radius 2 is 2.43 bits per heavy atom. The Balaban J connectivity index is 2.71. The maximum absolute atomic E-state index is 11.4. The van der Waals surface area contributed by atoms with E-state index in [9.17, 15) is 9.59 Å². The fraction of sp³-hybridized carbons (Fsp3) is 0.125. The van der Waals surface area contributed by atoms with Crippen molar-refractivity contribution >= 4 is 27.7 Å². The van der Waals surface area contributed by atoms with E-state index in [2.05, 4.69) is 14.7 Å². The molecule has 1 N–H and O–H groups in total. The largest absolute Gasteiger partial charge is 0.465 e. The quantitative estimate of drug-likeness (QED) is 0.706. The Morgan fingerprint density at radius 3 is 3.14 bits per heavy atom. The van der Waals surface area contributed by atoms with E-state index in [-0.39, 0.29) is 5.56 Å². The van der Waals surface area contributed by atoms with E-state index in [4.69, 9.17) is 0 Å². The van der Waals surface area contributed by atoms with Crippen LogP contribution in [0.5, 0.6) is 0 Å². The lowest BCUT2D eigenvalue weighted by atomic mass is 10.3. The highest BCUT2D eigenvalue weighted by Crippen LogP contribution is 2.13. The summed E-state index contributed by atoms with van der Waals surface area (Å²) in [5.74, 6) is -0.652. The van der Waals surface area contributed by atoms with Crippen LogP contribution in [-0.2, 0) is 4.74 Å². The number of esters is 1. The van der Waals surface area contributed by atoms with Crippen molar-refractivity contribution in [2.45, 2.75) is 0 Å². The van der Waals surface area contributed by atoms with Crippen molar-refractivity contribution in [3.05, 3.63) is 27.5 Å². The van der Waals surface area contributed by atoms with Crippen LogP contribution in [0.1, 0.15) is 10.4 Å². The van der Waals surface area contributed by atoms with Crippen LogP contribution in [0.15, 0.2) is 16.4 Å². The smallest absolute Gasteiger partial charge is 0.343 e. The molecular weight excluding hydrogens is 204 g/mol. The predicted octanol–water partition coefficient (Wildman–Crippen LogP) is 0.771. The van der Waals surface area contributed by atoms with Crippen molar-refractivity contribution < 1.29 is 9.53 Å². The summed E-state index contributed by atoms with van der Waals surface area (Å²) in [6.07, 6.45) is 0. The molecule has 2 rings (SSSR count). The highest BCUT2D eigenvalue weighted by molar-refractivity contribution is 7.16. The van der Waals surface area contributed by atoms with Gasteiger partial charge in [-0.15, -0.1) is 11.3 Å². The maximum atomic E-state index is 11.4. The molecule has 72 valence electrons. The van der Waals surface area contributed by atoms with Gasteiger partial charge in [0.15, 0.2) is 0 Å². The van der Waals surface area contributed by atoms with Gasteiger partial charge in [-0.3, -0.25) is 4.79 Å². The molecule has 0 aromatic carbocycles. The average Bonchev–Trinajstić information content (AvgIpc) is 2.62. The van der Waals surface area contributed by atoms with Crippen molar-refractivity contribution in [2.75, 3.05) is 7.11 Å². The van der Waals surface area contributed by atoms with E-state index in [1.165, 1.54) is 24.5 Å². The summed E-state index contributed by atoms with van der Waals surface area (Å²) in [4.78, 5) is 29.7. The van der Waals surface area contributed by atoms with Gasteiger partial charge in [-0.05, 0) is 6.07 Å². The number of nitrogens with one attached hydrogen (secondary N) is 1. The van der Waals surface area contributed by atoms with E-state index in [0.29, 0.717) is 10.3 Å². The molecule has 2 aromatic rings. The number of carbonyl (C=O) groups is 1. The summed E-state index contributed by atoms with van der Waals surface area (Å²) in [6, 6.07) is 1.43. The van der Waals surface area contributed by atoms with Crippen LogP contribution in [0.2, 0.25) is 0 Å². The number of fused-ring (bicyclic) bond motifs is 1. The number of hydrogen-bond donors (Lipinski definition) is 1. The monoisotopic (exact) mass is 210 g/mol. The number of carbonyl (C=O) groups excluding carboxylic acids is 1. The molecule has 0 spiro atoms. The van der Waals surface area contributed by atoms with Gasteiger partial charge in [-0.1, -0.05) is 0 Å². The summed E-state index contributed by atoms with van der Waals surface area (Å²) in [5, 5.41) is 0. The van der Waals surface area contributed by atoms with E-state index in [1.807, 2.05) is 0 Å². The van der Waals surface area contributed by atoms with E-state index >= 15 is 0 Å². The molecule has 0 bridgehead atoms. The molecule has 0 unspecified atom stereocenters. The summed E-state index contributed by atoms with van der Waals surface area (Å²) in [7, 11) is 1.23. The summed E-state index contributed by atoms with van der Waals surface area (Å²) in [6.45, 7) is 0. The molecule has 6 heteroatoms. The van der Waals surface area contributed by atoms with Crippen molar-refractivity contribution in [3.63, 3.8) is 0 Å². The first-order chi connectivity index (χ1) is 6.72. The van der Waals surface area contributed by atoms with Crippen molar-refractivity contribution in [2.24, 2.45) is 0 Å². The lowest BCUT2D eigenvalue weighted by molar-refractivity contribution is 0.0599. The zero-order valence-electron chi connectivity index (χ0n) is 7.23. The SMILES string of the molecule is COC(=O)c1cc2ncsc2[nH]c1=O. The minimum absolute atomic E-state index is 0.0223. The Kier molecular flexibility index (Phi) is 2.05. The van der Waals surface area contributed by atoms with Crippen molar-refractivity contribution in [3.8, 4) is 0 Å². The molecular formula is C8H6N2O3S. The van der Waals surface area contributed by atoms with Gasteiger partial charge in [0, 0.05) is 0 Å². The number of rotatable bonds is 1. The molecule has 0 saturated carbocycles. The number of pyridine rings is 1. The van der Waals surface area contributed by atoms with Gasteiger partial charge in [-0.2, -0.15) is 0 Å². The standard InChI is InChI=1S/C8H6N2O3S/c1-13-8(12)4-2-5-7(10-6(4)11)14-3-9-5/h2-3H,1H3,(H,10,11). The number of H-pyrrole nitrogens is 1. The molecule has 0 radical (unpaired) electrons. The van der Waals surface area contributed by atoms with Crippen LogP contribution in [0.4, 0.5) is 0 Å². The first-order valence-corrected chi connectivity index (χ1v) is 4.65. The molecule has 0 amide bonds. The van der Waals surface area contributed by atoms with Crippen molar-refractivity contribution in [1.82, 2.24) is 9.97 Å². The number of methoxy groups -OCH3 is 1. The lowest BCUT2D eigenvalue weighted by Gasteiger charge is -1.96. The number of nitrogens with zero attached hydrogens (tertiary/aromatic N) is 1. The first-order valence-electron chi connectivity index (χ1n) is 3.77. The second-order valence-electron chi connectivity index (χ2n) is 2.57. The Hall–Kier alpha value is -1.69.